The Bertz CT molecular complexity index is 511. The molecule has 0 saturated heterocycles. The third-order valence-electron chi connectivity index (χ3n) is 2.54. The van der Waals surface area contributed by atoms with Gasteiger partial charge in [0.25, 0.3) is 0 Å². The quantitative estimate of drug-likeness (QED) is 0.631. The van der Waals surface area contributed by atoms with E-state index in [4.69, 9.17) is 21.1 Å². The number of esters is 1. The number of amides is 1. The van der Waals surface area contributed by atoms with Gasteiger partial charge in [-0.05, 0) is 32.4 Å². The van der Waals surface area contributed by atoms with E-state index in [-0.39, 0.29) is 12.6 Å². The standard InChI is InChI=1S/C15H20ClNO4/c1-15(2,3)21-14(19)17(4)9-11-7-5-6-8-12(11)13(18)20-10-16/h5-8H,9-10H2,1-4H3. The molecule has 0 aliphatic heterocycles. The van der Waals surface area contributed by atoms with E-state index in [0.29, 0.717) is 11.1 Å². The summed E-state index contributed by atoms with van der Waals surface area (Å²) in [6.45, 7) is 5.63. The molecule has 0 heterocycles. The van der Waals surface area contributed by atoms with Crippen molar-refractivity contribution in [2.45, 2.75) is 32.9 Å². The first-order valence-electron chi connectivity index (χ1n) is 6.49. The number of rotatable bonds is 4. The predicted octanol–water partition coefficient (Wildman–Crippen LogP) is 3.41. The van der Waals surface area contributed by atoms with E-state index in [2.05, 4.69) is 0 Å². The van der Waals surface area contributed by atoms with Gasteiger partial charge in [-0.3, -0.25) is 0 Å². The van der Waals surface area contributed by atoms with Crippen LogP contribution in [-0.2, 0) is 16.0 Å². The van der Waals surface area contributed by atoms with Gasteiger partial charge in [0.2, 0.25) is 0 Å². The number of carbonyl (C=O) groups excluding carboxylic acids is 2. The molecule has 6 heteroatoms. The number of carbonyl (C=O) groups is 2. The highest BCUT2D eigenvalue weighted by Gasteiger charge is 2.21. The van der Waals surface area contributed by atoms with Gasteiger partial charge in [0.05, 0.1) is 5.56 Å². The van der Waals surface area contributed by atoms with Crippen LogP contribution in [0.15, 0.2) is 24.3 Å². The largest absolute Gasteiger partial charge is 0.446 e. The second-order valence-electron chi connectivity index (χ2n) is 5.53. The number of ether oxygens (including phenoxy) is 2. The maximum Gasteiger partial charge on any atom is 0.410 e. The molecule has 0 saturated carbocycles. The summed E-state index contributed by atoms with van der Waals surface area (Å²) >= 11 is 5.40. The molecule has 5 nitrogen and oxygen atoms in total. The lowest BCUT2D eigenvalue weighted by Gasteiger charge is -2.25. The van der Waals surface area contributed by atoms with Gasteiger partial charge in [-0.1, -0.05) is 29.8 Å². The first-order valence-corrected chi connectivity index (χ1v) is 7.03. The van der Waals surface area contributed by atoms with Crippen molar-refractivity contribution < 1.29 is 19.1 Å². The molecular formula is C15H20ClNO4. The van der Waals surface area contributed by atoms with Crippen LogP contribution in [0.1, 0.15) is 36.7 Å². The maximum atomic E-state index is 11.9. The van der Waals surface area contributed by atoms with E-state index in [1.54, 1.807) is 52.1 Å². The fourth-order valence-corrected chi connectivity index (χ4v) is 1.74. The summed E-state index contributed by atoms with van der Waals surface area (Å²) in [6, 6.07) is 6.69. The van der Waals surface area contributed by atoms with Gasteiger partial charge in [0, 0.05) is 13.6 Å². The molecule has 0 fully saturated rings. The van der Waals surface area contributed by atoms with Crippen molar-refractivity contribution in [1.82, 2.24) is 4.90 Å². The Kier molecular flexibility index (Phi) is 6.03. The maximum absolute atomic E-state index is 11.9. The summed E-state index contributed by atoms with van der Waals surface area (Å²) in [5.74, 6) is -0.516. The predicted molar refractivity (Wildman–Crippen MR) is 80.3 cm³/mol. The smallest absolute Gasteiger partial charge is 0.410 e. The fourth-order valence-electron chi connectivity index (χ4n) is 1.64. The number of nitrogens with zero attached hydrogens (tertiary/aromatic N) is 1. The lowest BCUT2D eigenvalue weighted by molar-refractivity contribution is 0.0282. The normalized spacial score (nSPS) is 10.9. The fraction of sp³-hybridized carbons (Fsp3) is 0.467. The number of hydrogen-bond donors (Lipinski definition) is 0. The second-order valence-corrected chi connectivity index (χ2v) is 5.75. The van der Waals surface area contributed by atoms with Gasteiger partial charge in [0.15, 0.2) is 6.07 Å². The number of alkyl halides is 1. The molecule has 0 bridgehead atoms. The van der Waals surface area contributed by atoms with Crippen LogP contribution in [0, 0.1) is 0 Å². The van der Waals surface area contributed by atoms with Crippen LogP contribution in [0.2, 0.25) is 0 Å². The van der Waals surface area contributed by atoms with E-state index in [1.807, 2.05) is 0 Å². The number of halogens is 1. The molecule has 0 aliphatic carbocycles. The molecule has 21 heavy (non-hydrogen) atoms. The van der Waals surface area contributed by atoms with Crippen LogP contribution in [0.4, 0.5) is 4.79 Å². The Morgan fingerprint density at radius 3 is 2.43 bits per heavy atom. The summed E-state index contributed by atoms with van der Waals surface area (Å²) in [7, 11) is 1.61. The van der Waals surface area contributed by atoms with E-state index in [0.717, 1.165) is 0 Å². The monoisotopic (exact) mass is 313 g/mol. The minimum Gasteiger partial charge on any atom is -0.446 e. The molecule has 1 aromatic carbocycles. The molecule has 0 unspecified atom stereocenters. The second kappa shape index (κ2) is 7.31. The third-order valence-corrected chi connectivity index (χ3v) is 2.64. The molecular weight excluding hydrogens is 294 g/mol. The lowest BCUT2D eigenvalue weighted by Crippen LogP contribution is -2.34. The van der Waals surface area contributed by atoms with Gasteiger partial charge in [-0.25, -0.2) is 9.59 Å². The van der Waals surface area contributed by atoms with Gasteiger partial charge in [0.1, 0.15) is 5.60 Å². The molecule has 0 spiro atoms. The van der Waals surface area contributed by atoms with Crippen molar-refractivity contribution in [2.24, 2.45) is 0 Å². The van der Waals surface area contributed by atoms with Crippen molar-refractivity contribution in [3.63, 3.8) is 0 Å². The highest BCUT2D eigenvalue weighted by Crippen LogP contribution is 2.15. The van der Waals surface area contributed by atoms with Crippen molar-refractivity contribution >= 4 is 23.7 Å². The highest BCUT2D eigenvalue weighted by molar-refractivity contribution is 6.17. The van der Waals surface area contributed by atoms with Gasteiger partial charge < -0.3 is 14.4 Å². The first kappa shape index (κ1) is 17.3. The number of benzene rings is 1. The van der Waals surface area contributed by atoms with E-state index in [1.165, 1.54) is 4.90 Å². The van der Waals surface area contributed by atoms with Crippen molar-refractivity contribution in [2.75, 3.05) is 13.1 Å². The minimum absolute atomic E-state index is 0.213. The first-order chi connectivity index (χ1) is 9.74. The summed E-state index contributed by atoms with van der Waals surface area (Å²) < 4.78 is 10.1. The molecule has 0 atom stereocenters. The minimum atomic E-state index is -0.567. The highest BCUT2D eigenvalue weighted by atomic mass is 35.5. The van der Waals surface area contributed by atoms with E-state index >= 15 is 0 Å². The van der Waals surface area contributed by atoms with Gasteiger partial charge in [-0.15, -0.1) is 0 Å². The molecule has 0 aromatic heterocycles. The summed E-state index contributed by atoms with van der Waals surface area (Å²) in [6.07, 6.45) is -0.456. The average Bonchev–Trinajstić information content (AvgIpc) is 2.37. The van der Waals surface area contributed by atoms with Crippen LogP contribution < -0.4 is 0 Å². The van der Waals surface area contributed by atoms with Gasteiger partial charge >= 0.3 is 12.1 Å². The molecule has 1 rings (SSSR count). The Morgan fingerprint density at radius 1 is 1.24 bits per heavy atom. The van der Waals surface area contributed by atoms with E-state index in [9.17, 15) is 9.59 Å². The van der Waals surface area contributed by atoms with Crippen LogP contribution in [0.5, 0.6) is 0 Å². The molecule has 116 valence electrons. The summed E-state index contributed by atoms with van der Waals surface area (Å²) in [5, 5.41) is 0. The molecule has 0 aliphatic rings. The molecule has 1 aromatic rings. The van der Waals surface area contributed by atoms with Crippen LogP contribution in [-0.4, -0.2) is 35.7 Å². The van der Waals surface area contributed by atoms with E-state index < -0.39 is 17.7 Å². The Hall–Kier alpha value is -1.75. The Balaban J connectivity index is 2.83. The molecule has 0 radical (unpaired) electrons. The van der Waals surface area contributed by atoms with Crippen LogP contribution >= 0.6 is 11.6 Å². The average molecular weight is 314 g/mol. The Labute approximate surface area is 129 Å². The molecule has 1 amide bonds. The number of hydrogen-bond acceptors (Lipinski definition) is 4. The van der Waals surface area contributed by atoms with Crippen molar-refractivity contribution in [3.8, 4) is 0 Å². The zero-order valence-corrected chi connectivity index (χ0v) is 13.4. The molecule has 0 N–H and O–H groups in total. The Morgan fingerprint density at radius 2 is 1.86 bits per heavy atom. The zero-order chi connectivity index (χ0) is 16.0. The van der Waals surface area contributed by atoms with Crippen molar-refractivity contribution in [1.29, 1.82) is 0 Å². The zero-order valence-electron chi connectivity index (χ0n) is 12.7. The summed E-state index contributed by atoms with van der Waals surface area (Å²) in [4.78, 5) is 25.1. The van der Waals surface area contributed by atoms with Crippen LogP contribution in [0.3, 0.4) is 0 Å². The SMILES string of the molecule is CN(Cc1ccccc1C(=O)OCCl)C(=O)OC(C)(C)C. The topological polar surface area (TPSA) is 55.8 Å². The third kappa shape index (κ3) is 5.63. The van der Waals surface area contributed by atoms with Crippen LogP contribution in [0.25, 0.3) is 0 Å². The van der Waals surface area contributed by atoms with Crippen molar-refractivity contribution in [3.05, 3.63) is 35.4 Å². The lowest BCUT2D eigenvalue weighted by atomic mass is 10.1. The summed E-state index contributed by atoms with van der Waals surface area (Å²) in [5.41, 5.74) is 0.483. The van der Waals surface area contributed by atoms with Gasteiger partial charge in [-0.2, -0.15) is 0 Å².